The van der Waals surface area contributed by atoms with E-state index in [0.717, 1.165) is 0 Å². The maximum Gasteiger partial charge on any atom is 0.146 e. The van der Waals surface area contributed by atoms with Crippen molar-refractivity contribution in [3.63, 3.8) is 0 Å². The van der Waals surface area contributed by atoms with E-state index in [1.165, 1.54) is 6.07 Å². The largest absolute Gasteiger partial charge is 0.388 e. The lowest BCUT2D eigenvalue weighted by Crippen LogP contribution is -2.59. The summed E-state index contributed by atoms with van der Waals surface area (Å²) in [7, 11) is 0. The SMILES string of the molecule is CC1(O)CN(Cc2cccc(Cl)c2F)C1. The van der Waals surface area contributed by atoms with Gasteiger partial charge in [-0.3, -0.25) is 4.90 Å². The molecule has 1 fully saturated rings. The van der Waals surface area contributed by atoms with Crippen LogP contribution in [0, 0.1) is 5.82 Å². The summed E-state index contributed by atoms with van der Waals surface area (Å²) in [6.45, 7) is 3.44. The number of nitrogens with zero attached hydrogens (tertiary/aromatic N) is 1. The highest BCUT2D eigenvalue weighted by atomic mass is 35.5. The normalized spacial score (nSPS) is 20.0. The van der Waals surface area contributed by atoms with Gasteiger partial charge in [0.15, 0.2) is 0 Å². The fourth-order valence-electron chi connectivity index (χ4n) is 1.94. The maximum absolute atomic E-state index is 13.5. The Balaban J connectivity index is 2.03. The fourth-order valence-corrected chi connectivity index (χ4v) is 2.13. The molecule has 0 bridgehead atoms. The number of β-amino-alcohol motifs (C(OH)–C–C–N with tert-alkyl or cyclic N) is 1. The molecule has 4 heteroatoms. The van der Waals surface area contributed by atoms with Crippen molar-refractivity contribution in [2.75, 3.05) is 13.1 Å². The summed E-state index contributed by atoms with van der Waals surface area (Å²) in [6.07, 6.45) is 0. The van der Waals surface area contributed by atoms with Crippen LogP contribution in [0.25, 0.3) is 0 Å². The van der Waals surface area contributed by atoms with Crippen LogP contribution >= 0.6 is 11.6 Å². The molecule has 0 spiro atoms. The van der Waals surface area contributed by atoms with Gasteiger partial charge in [0.05, 0.1) is 10.6 Å². The van der Waals surface area contributed by atoms with Gasteiger partial charge in [0.25, 0.3) is 0 Å². The van der Waals surface area contributed by atoms with E-state index in [1.807, 2.05) is 4.90 Å². The molecule has 1 aliphatic rings. The van der Waals surface area contributed by atoms with Crippen LogP contribution in [-0.2, 0) is 6.54 Å². The Morgan fingerprint density at radius 2 is 2.20 bits per heavy atom. The van der Waals surface area contributed by atoms with Gasteiger partial charge in [-0.15, -0.1) is 0 Å². The van der Waals surface area contributed by atoms with Crippen molar-refractivity contribution in [2.45, 2.75) is 19.1 Å². The Hall–Kier alpha value is -0.640. The molecule has 1 N–H and O–H groups in total. The lowest BCUT2D eigenvalue weighted by atomic mass is 9.96. The van der Waals surface area contributed by atoms with Gasteiger partial charge in [-0.2, -0.15) is 0 Å². The Labute approximate surface area is 93.3 Å². The first kappa shape index (κ1) is 10.9. The van der Waals surface area contributed by atoms with Crippen LogP contribution < -0.4 is 0 Å². The second-order valence-corrected chi connectivity index (χ2v) is 4.76. The van der Waals surface area contributed by atoms with Gasteiger partial charge in [-0.25, -0.2) is 4.39 Å². The van der Waals surface area contributed by atoms with E-state index in [4.69, 9.17) is 11.6 Å². The molecule has 1 aromatic carbocycles. The molecule has 82 valence electrons. The lowest BCUT2D eigenvalue weighted by molar-refractivity contribution is -0.0874. The van der Waals surface area contributed by atoms with Crippen molar-refractivity contribution in [1.29, 1.82) is 0 Å². The minimum Gasteiger partial charge on any atom is -0.388 e. The fraction of sp³-hybridized carbons (Fsp3) is 0.455. The summed E-state index contributed by atoms with van der Waals surface area (Å²) in [6, 6.07) is 4.99. The van der Waals surface area contributed by atoms with E-state index in [0.29, 0.717) is 25.2 Å². The van der Waals surface area contributed by atoms with Gasteiger partial charge in [-0.05, 0) is 13.0 Å². The van der Waals surface area contributed by atoms with Gasteiger partial charge >= 0.3 is 0 Å². The molecule has 15 heavy (non-hydrogen) atoms. The van der Waals surface area contributed by atoms with Crippen LogP contribution in [0.3, 0.4) is 0 Å². The number of hydrogen-bond donors (Lipinski definition) is 1. The molecule has 0 atom stereocenters. The van der Waals surface area contributed by atoms with Gasteiger partial charge in [0, 0.05) is 25.2 Å². The molecule has 1 heterocycles. The van der Waals surface area contributed by atoms with Crippen LogP contribution in [0.15, 0.2) is 18.2 Å². The highest BCUT2D eigenvalue weighted by Crippen LogP contribution is 2.25. The standard InChI is InChI=1S/C11H13ClFNO/c1-11(15)6-14(7-11)5-8-3-2-4-9(12)10(8)13/h2-4,15H,5-7H2,1H3. The zero-order valence-corrected chi connectivity index (χ0v) is 9.26. The third-order valence-corrected chi connectivity index (χ3v) is 2.85. The molecule has 2 nitrogen and oxygen atoms in total. The van der Waals surface area contributed by atoms with Crippen molar-refractivity contribution in [3.8, 4) is 0 Å². The first-order valence-corrected chi connectivity index (χ1v) is 5.23. The van der Waals surface area contributed by atoms with Crippen molar-refractivity contribution < 1.29 is 9.50 Å². The van der Waals surface area contributed by atoms with E-state index in [9.17, 15) is 9.50 Å². The quantitative estimate of drug-likeness (QED) is 0.839. The van der Waals surface area contributed by atoms with Gasteiger partial charge in [0.1, 0.15) is 5.82 Å². The minimum absolute atomic E-state index is 0.153. The average molecular weight is 230 g/mol. The minimum atomic E-state index is -0.616. The van der Waals surface area contributed by atoms with Crippen LogP contribution in [0.5, 0.6) is 0 Å². The summed E-state index contributed by atoms with van der Waals surface area (Å²) in [5.74, 6) is -0.356. The molecular formula is C11H13ClFNO. The summed E-state index contributed by atoms with van der Waals surface area (Å²) in [5, 5.41) is 9.68. The highest BCUT2D eigenvalue weighted by Gasteiger charge is 2.36. The van der Waals surface area contributed by atoms with E-state index < -0.39 is 5.60 Å². The number of aliphatic hydroxyl groups is 1. The Kier molecular flexibility index (Phi) is 2.71. The van der Waals surface area contributed by atoms with E-state index in [1.54, 1.807) is 19.1 Å². The first-order chi connectivity index (χ1) is 6.98. The summed E-state index contributed by atoms with van der Waals surface area (Å²) >= 11 is 5.67. The average Bonchev–Trinajstić information content (AvgIpc) is 2.10. The molecule has 0 aromatic heterocycles. The zero-order valence-electron chi connectivity index (χ0n) is 8.50. The van der Waals surface area contributed by atoms with Gasteiger partial charge in [-0.1, -0.05) is 23.7 Å². The molecule has 1 saturated heterocycles. The van der Waals surface area contributed by atoms with Crippen LogP contribution in [-0.4, -0.2) is 28.7 Å². The maximum atomic E-state index is 13.5. The van der Waals surface area contributed by atoms with E-state index >= 15 is 0 Å². The molecule has 1 aromatic rings. The number of rotatable bonds is 2. The van der Waals surface area contributed by atoms with Crippen LogP contribution in [0.2, 0.25) is 5.02 Å². The highest BCUT2D eigenvalue weighted by molar-refractivity contribution is 6.30. The van der Waals surface area contributed by atoms with Gasteiger partial charge in [0.2, 0.25) is 0 Å². The third kappa shape index (κ3) is 2.30. The molecule has 0 radical (unpaired) electrons. The van der Waals surface area contributed by atoms with Crippen molar-refractivity contribution >= 4 is 11.6 Å². The monoisotopic (exact) mass is 229 g/mol. The Bertz CT molecular complexity index is 373. The number of halogens is 2. The number of hydrogen-bond acceptors (Lipinski definition) is 2. The van der Waals surface area contributed by atoms with Crippen LogP contribution in [0.1, 0.15) is 12.5 Å². The molecule has 0 unspecified atom stereocenters. The second-order valence-electron chi connectivity index (χ2n) is 4.36. The summed E-state index contributed by atoms with van der Waals surface area (Å²) in [5.41, 5.74) is -0.0345. The third-order valence-electron chi connectivity index (χ3n) is 2.55. The van der Waals surface area contributed by atoms with E-state index in [-0.39, 0.29) is 10.8 Å². The number of likely N-dealkylation sites (tertiary alicyclic amines) is 1. The zero-order chi connectivity index (χ0) is 11.1. The van der Waals surface area contributed by atoms with Crippen molar-refractivity contribution in [2.24, 2.45) is 0 Å². The van der Waals surface area contributed by atoms with E-state index in [2.05, 4.69) is 0 Å². The Morgan fingerprint density at radius 3 is 2.80 bits per heavy atom. The van der Waals surface area contributed by atoms with Crippen LogP contribution in [0.4, 0.5) is 4.39 Å². The van der Waals surface area contributed by atoms with Gasteiger partial charge < -0.3 is 5.11 Å². The number of benzene rings is 1. The molecule has 0 aliphatic carbocycles. The summed E-state index contributed by atoms with van der Waals surface area (Å²) < 4.78 is 13.5. The first-order valence-electron chi connectivity index (χ1n) is 4.85. The molecular weight excluding hydrogens is 217 g/mol. The topological polar surface area (TPSA) is 23.5 Å². The predicted octanol–water partition coefficient (Wildman–Crippen LogP) is 2.05. The predicted molar refractivity (Wildman–Crippen MR) is 57.3 cm³/mol. The Morgan fingerprint density at radius 1 is 1.53 bits per heavy atom. The molecule has 0 saturated carbocycles. The smallest absolute Gasteiger partial charge is 0.146 e. The summed E-state index contributed by atoms with van der Waals surface area (Å²) in [4.78, 5) is 1.98. The van der Waals surface area contributed by atoms with Crippen molar-refractivity contribution in [1.82, 2.24) is 4.90 Å². The molecule has 2 rings (SSSR count). The lowest BCUT2D eigenvalue weighted by Gasteiger charge is -2.44. The molecule has 1 aliphatic heterocycles. The second kappa shape index (κ2) is 3.74. The molecule has 0 amide bonds. The van der Waals surface area contributed by atoms with Crippen molar-refractivity contribution in [3.05, 3.63) is 34.6 Å².